The van der Waals surface area contributed by atoms with Crippen LogP contribution in [0.25, 0.3) is 0 Å². The van der Waals surface area contributed by atoms with Crippen molar-refractivity contribution < 1.29 is 0 Å². The quantitative estimate of drug-likeness (QED) is 0.826. The van der Waals surface area contributed by atoms with E-state index in [2.05, 4.69) is 22.6 Å². The summed E-state index contributed by atoms with van der Waals surface area (Å²) in [6, 6.07) is 0.586. The number of anilines is 1. The monoisotopic (exact) mass is 210 g/mol. The zero-order valence-electron chi connectivity index (χ0n) is 8.92. The van der Waals surface area contributed by atoms with Gasteiger partial charge in [0.2, 0.25) is 0 Å². The number of aromatic nitrogens is 1. The largest absolute Gasteiger partial charge is 0.359 e. The Labute approximate surface area is 89.8 Å². The van der Waals surface area contributed by atoms with E-state index in [9.17, 15) is 0 Å². The smallest absolute Gasteiger partial charge is 0.183 e. The molecule has 0 bridgehead atoms. The molecule has 1 aliphatic rings. The number of aryl methyl sites for hydroxylation is 1. The Hall–Kier alpha value is -0.570. The van der Waals surface area contributed by atoms with Gasteiger partial charge in [-0.3, -0.25) is 0 Å². The van der Waals surface area contributed by atoms with Crippen LogP contribution in [0.3, 0.4) is 0 Å². The molecule has 2 nitrogen and oxygen atoms in total. The molecule has 0 radical (unpaired) electrons. The molecule has 2 rings (SSSR count). The molecule has 1 fully saturated rings. The molecule has 1 heterocycles. The van der Waals surface area contributed by atoms with E-state index in [1.807, 2.05) is 6.92 Å². The van der Waals surface area contributed by atoms with Crippen LogP contribution in [0.5, 0.6) is 0 Å². The lowest BCUT2D eigenvalue weighted by Gasteiger charge is -2.19. The van der Waals surface area contributed by atoms with Crippen LogP contribution in [-0.2, 0) is 0 Å². The van der Waals surface area contributed by atoms with E-state index in [0.29, 0.717) is 6.04 Å². The van der Waals surface area contributed by atoms with Crippen LogP contribution in [-0.4, -0.2) is 11.0 Å². The second-order valence-corrected chi connectivity index (χ2v) is 5.13. The van der Waals surface area contributed by atoms with Crippen molar-refractivity contribution in [2.75, 3.05) is 5.32 Å². The summed E-state index contributed by atoms with van der Waals surface area (Å²) in [4.78, 5) is 4.43. The fourth-order valence-corrected chi connectivity index (χ4v) is 2.98. The van der Waals surface area contributed by atoms with Crippen LogP contribution < -0.4 is 5.32 Å². The molecule has 3 heteroatoms. The predicted molar refractivity (Wildman–Crippen MR) is 61.9 cm³/mol. The number of rotatable bonds is 3. The van der Waals surface area contributed by atoms with Gasteiger partial charge in [-0.05, 0) is 32.6 Å². The van der Waals surface area contributed by atoms with Gasteiger partial charge in [0.25, 0.3) is 0 Å². The molecule has 0 aliphatic heterocycles. The van der Waals surface area contributed by atoms with Crippen molar-refractivity contribution in [1.29, 1.82) is 0 Å². The Balaban J connectivity index is 1.90. The zero-order chi connectivity index (χ0) is 9.97. The van der Waals surface area contributed by atoms with Gasteiger partial charge in [0.15, 0.2) is 5.13 Å². The molecule has 14 heavy (non-hydrogen) atoms. The fraction of sp³-hybridized carbons (Fsp3) is 0.727. The summed E-state index contributed by atoms with van der Waals surface area (Å²) in [6.45, 7) is 4.33. The average Bonchev–Trinajstić information content (AvgIpc) is 2.75. The molecule has 1 aromatic rings. The van der Waals surface area contributed by atoms with Crippen LogP contribution in [0.15, 0.2) is 5.38 Å². The minimum Gasteiger partial charge on any atom is -0.359 e. The van der Waals surface area contributed by atoms with Crippen molar-refractivity contribution in [3.63, 3.8) is 0 Å². The van der Waals surface area contributed by atoms with Crippen molar-refractivity contribution in [3.05, 3.63) is 11.1 Å². The first-order chi connectivity index (χ1) is 6.75. The van der Waals surface area contributed by atoms with Crippen molar-refractivity contribution in [2.45, 2.75) is 45.6 Å². The Morgan fingerprint density at radius 3 is 2.79 bits per heavy atom. The Morgan fingerprint density at radius 1 is 1.50 bits per heavy atom. The molecule has 1 unspecified atom stereocenters. The lowest BCUT2D eigenvalue weighted by atomic mass is 10.0. The summed E-state index contributed by atoms with van der Waals surface area (Å²) in [7, 11) is 0. The highest BCUT2D eigenvalue weighted by atomic mass is 32.1. The summed E-state index contributed by atoms with van der Waals surface area (Å²) in [5, 5.41) is 6.70. The summed E-state index contributed by atoms with van der Waals surface area (Å²) >= 11 is 1.71. The molecule has 0 saturated heterocycles. The van der Waals surface area contributed by atoms with E-state index in [4.69, 9.17) is 0 Å². The molecular weight excluding hydrogens is 192 g/mol. The summed E-state index contributed by atoms with van der Waals surface area (Å²) in [6.07, 6.45) is 5.60. The van der Waals surface area contributed by atoms with Crippen LogP contribution in [0.1, 0.15) is 38.3 Å². The van der Waals surface area contributed by atoms with Crippen molar-refractivity contribution >= 4 is 16.5 Å². The number of hydrogen-bond donors (Lipinski definition) is 1. The maximum Gasteiger partial charge on any atom is 0.183 e. The first kappa shape index (κ1) is 9.97. The second-order valence-electron chi connectivity index (χ2n) is 4.27. The third kappa shape index (κ3) is 2.27. The van der Waals surface area contributed by atoms with Crippen LogP contribution in [0.4, 0.5) is 5.13 Å². The minimum absolute atomic E-state index is 0.586. The van der Waals surface area contributed by atoms with Gasteiger partial charge in [-0.2, -0.15) is 0 Å². The van der Waals surface area contributed by atoms with E-state index in [1.54, 1.807) is 11.3 Å². The van der Waals surface area contributed by atoms with E-state index in [1.165, 1.54) is 25.7 Å². The van der Waals surface area contributed by atoms with Gasteiger partial charge in [0.05, 0.1) is 5.69 Å². The normalized spacial score (nSPS) is 19.9. The van der Waals surface area contributed by atoms with Crippen molar-refractivity contribution in [2.24, 2.45) is 5.92 Å². The van der Waals surface area contributed by atoms with Gasteiger partial charge in [-0.15, -0.1) is 11.3 Å². The van der Waals surface area contributed by atoms with Crippen molar-refractivity contribution in [3.8, 4) is 0 Å². The molecule has 0 spiro atoms. The van der Waals surface area contributed by atoms with Gasteiger partial charge >= 0.3 is 0 Å². The maximum absolute atomic E-state index is 4.43. The first-order valence-electron chi connectivity index (χ1n) is 5.44. The van der Waals surface area contributed by atoms with E-state index in [-0.39, 0.29) is 0 Å². The molecule has 1 aliphatic carbocycles. The molecule has 1 aromatic heterocycles. The number of hydrogen-bond acceptors (Lipinski definition) is 3. The molecule has 78 valence electrons. The lowest BCUT2D eigenvalue weighted by Crippen LogP contribution is -2.23. The van der Waals surface area contributed by atoms with Crippen molar-refractivity contribution in [1.82, 2.24) is 4.98 Å². The van der Waals surface area contributed by atoms with E-state index < -0.39 is 0 Å². The molecule has 0 amide bonds. The van der Waals surface area contributed by atoms with E-state index >= 15 is 0 Å². The Morgan fingerprint density at radius 2 is 2.21 bits per heavy atom. The van der Waals surface area contributed by atoms with Gasteiger partial charge in [-0.1, -0.05) is 12.8 Å². The van der Waals surface area contributed by atoms with Gasteiger partial charge < -0.3 is 5.32 Å². The summed E-state index contributed by atoms with van der Waals surface area (Å²) in [5.41, 5.74) is 1.12. The van der Waals surface area contributed by atoms with Crippen LogP contribution in [0, 0.1) is 12.8 Å². The number of nitrogens with one attached hydrogen (secondary N) is 1. The second kappa shape index (κ2) is 4.30. The van der Waals surface area contributed by atoms with Crippen LogP contribution in [0.2, 0.25) is 0 Å². The van der Waals surface area contributed by atoms with Gasteiger partial charge in [0.1, 0.15) is 0 Å². The molecule has 1 saturated carbocycles. The lowest BCUT2D eigenvalue weighted by molar-refractivity contribution is 0.482. The zero-order valence-corrected chi connectivity index (χ0v) is 9.73. The fourth-order valence-electron chi connectivity index (χ4n) is 2.19. The minimum atomic E-state index is 0.586. The van der Waals surface area contributed by atoms with Gasteiger partial charge in [0, 0.05) is 11.4 Å². The highest BCUT2D eigenvalue weighted by molar-refractivity contribution is 7.13. The Kier molecular flexibility index (Phi) is 3.06. The molecule has 0 aromatic carbocycles. The average molecular weight is 210 g/mol. The summed E-state index contributed by atoms with van der Waals surface area (Å²) < 4.78 is 0. The highest BCUT2D eigenvalue weighted by Gasteiger charge is 2.21. The van der Waals surface area contributed by atoms with Gasteiger partial charge in [-0.25, -0.2) is 4.98 Å². The molecular formula is C11H18N2S. The molecule has 1 atom stereocenters. The Bertz CT molecular complexity index is 289. The third-order valence-electron chi connectivity index (χ3n) is 3.08. The SMILES string of the molecule is Cc1csc(NC(C)C2CCCC2)n1. The van der Waals surface area contributed by atoms with Crippen LogP contribution >= 0.6 is 11.3 Å². The first-order valence-corrected chi connectivity index (χ1v) is 6.32. The highest BCUT2D eigenvalue weighted by Crippen LogP contribution is 2.29. The summed E-state index contributed by atoms with van der Waals surface area (Å²) in [5.74, 6) is 0.860. The predicted octanol–water partition coefficient (Wildman–Crippen LogP) is 3.44. The topological polar surface area (TPSA) is 24.9 Å². The maximum atomic E-state index is 4.43. The number of nitrogens with zero attached hydrogens (tertiary/aromatic N) is 1. The third-order valence-corrected chi connectivity index (χ3v) is 3.97. The standard InChI is InChI=1S/C11H18N2S/c1-8-7-14-11(12-8)13-9(2)10-5-3-4-6-10/h7,9-10H,3-6H2,1-2H3,(H,12,13). The number of thiazole rings is 1. The molecule has 1 N–H and O–H groups in total. The van der Waals surface area contributed by atoms with E-state index in [0.717, 1.165) is 16.7 Å².